The van der Waals surface area contributed by atoms with Crippen molar-refractivity contribution in [3.8, 4) is 0 Å². The van der Waals surface area contributed by atoms with Gasteiger partial charge in [0.05, 0.1) is 6.54 Å². The SMILES string of the molecule is CCN(CC(=O)O)Cc1ccc(Br)c(C)c1. The lowest BCUT2D eigenvalue weighted by molar-refractivity contribution is -0.138. The molecule has 0 aliphatic heterocycles. The molecule has 0 amide bonds. The van der Waals surface area contributed by atoms with Gasteiger partial charge in [0.1, 0.15) is 0 Å². The summed E-state index contributed by atoms with van der Waals surface area (Å²) in [7, 11) is 0. The average Bonchev–Trinajstić information content (AvgIpc) is 2.22. The molecule has 1 N–H and O–H groups in total. The Bertz CT molecular complexity index is 379. The highest BCUT2D eigenvalue weighted by Crippen LogP contribution is 2.17. The molecule has 0 aliphatic rings. The quantitative estimate of drug-likeness (QED) is 0.904. The Morgan fingerprint density at radius 2 is 2.19 bits per heavy atom. The van der Waals surface area contributed by atoms with E-state index in [4.69, 9.17) is 5.11 Å². The second kappa shape index (κ2) is 6.01. The number of rotatable bonds is 5. The molecular formula is C12H16BrNO2. The molecule has 0 saturated carbocycles. The summed E-state index contributed by atoms with van der Waals surface area (Å²) in [6, 6.07) is 6.09. The van der Waals surface area contributed by atoms with Crippen molar-refractivity contribution in [1.29, 1.82) is 0 Å². The third-order valence-electron chi connectivity index (χ3n) is 2.43. The molecule has 0 atom stereocenters. The minimum atomic E-state index is -0.782. The molecule has 16 heavy (non-hydrogen) atoms. The van der Waals surface area contributed by atoms with Gasteiger partial charge in [0.25, 0.3) is 0 Å². The van der Waals surface area contributed by atoms with Gasteiger partial charge in [0, 0.05) is 11.0 Å². The maximum Gasteiger partial charge on any atom is 0.317 e. The second-order valence-corrected chi connectivity index (χ2v) is 4.63. The molecule has 0 unspecified atom stereocenters. The van der Waals surface area contributed by atoms with E-state index in [9.17, 15) is 4.79 Å². The van der Waals surface area contributed by atoms with Gasteiger partial charge >= 0.3 is 5.97 Å². The van der Waals surface area contributed by atoms with Crippen LogP contribution in [0.3, 0.4) is 0 Å². The zero-order chi connectivity index (χ0) is 12.1. The topological polar surface area (TPSA) is 40.5 Å². The Morgan fingerprint density at radius 1 is 1.50 bits per heavy atom. The summed E-state index contributed by atoms with van der Waals surface area (Å²) in [6.07, 6.45) is 0. The van der Waals surface area contributed by atoms with Crippen LogP contribution in [0.15, 0.2) is 22.7 Å². The van der Waals surface area contributed by atoms with Crippen molar-refractivity contribution < 1.29 is 9.90 Å². The highest BCUT2D eigenvalue weighted by molar-refractivity contribution is 9.10. The summed E-state index contributed by atoms with van der Waals surface area (Å²) in [5.41, 5.74) is 2.31. The van der Waals surface area contributed by atoms with E-state index < -0.39 is 5.97 Å². The Morgan fingerprint density at radius 3 is 2.69 bits per heavy atom. The number of likely N-dealkylation sites (N-methyl/N-ethyl adjacent to an activating group) is 1. The van der Waals surface area contributed by atoms with Gasteiger partial charge in [-0.25, -0.2) is 0 Å². The number of carbonyl (C=O) groups is 1. The van der Waals surface area contributed by atoms with Crippen LogP contribution in [0.5, 0.6) is 0 Å². The average molecular weight is 286 g/mol. The lowest BCUT2D eigenvalue weighted by Crippen LogP contribution is -2.29. The van der Waals surface area contributed by atoms with Gasteiger partial charge in [0.2, 0.25) is 0 Å². The van der Waals surface area contributed by atoms with Gasteiger partial charge in [-0.3, -0.25) is 9.69 Å². The molecule has 4 heteroatoms. The fourth-order valence-corrected chi connectivity index (χ4v) is 1.78. The van der Waals surface area contributed by atoms with Crippen LogP contribution in [-0.4, -0.2) is 29.1 Å². The molecule has 0 spiro atoms. The molecular weight excluding hydrogens is 270 g/mol. The third kappa shape index (κ3) is 3.94. The summed E-state index contributed by atoms with van der Waals surface area (Å²) in [5, 5.41) is 8.74. The van der Waals surface area contributed by atoms with E-state index in [1.165, 1.54) is 5.56 Å². The molecule has 0 fully saturated rings. The number of carboxylic acid groups (broad SMARTS) is 1. The van der Waals surface area contributed by atoms with Gasteiger partial charge < -0.3 is 5.11 Å². The summed E-state index contributed by atoms with van der Waals surface area (Å²) in [4.78, 5) is 12.5. The van der Waals surface area contributed by atoms with Crippen LogP contribution < -0.4 is 0 Å². The highest BCUT2D eigenvalue weighted by atomic mass is 79.9. The fraction of sp³-hybridized carbons (Fsp3) is 0.417. The van der Waals surface area contributed by atoms with Crippen molar-refractivity contribution in [2.75, 3.05) is 13.1 Å². The maximum atomic E-state index is 10.6. The monoisotopic (exact) mass is 285 g/mol. The number of aryl methyl sites for hydroxylation is 1. The van der Waals surface area contributed by atoms with Crippen LogP contribution >= 0.6 is 15.9 Å². The third-order valence-corrected chi connectivity index (χ3v) is 3.32. The minimum Gasteiger partial charge on any atom is -0.480 e. The number of benzene rings is 1. The number of carboxylic acids is 1. The zero-order valence-corrected chi connectivity index (χ0v) is 11.1. The first kappa shape index (κ1) is 13.2. The van der Waals surface area contributed by atoms with Gasteiger partial charge in [-0.05, 0) is 30.7 Å². The standard InChI is InChI=1S/C12H16BrNO2/c1-3-14(8-12(15)16)7-10-4-5-11(13)9(2)6-10/h4-6H,3,7-8H2,1-2H3,(H,15,16). The van der Waals surface area contributed by atoms with E-state index in [1.807, 2.05) is 30.9 Å². The molecule has 0 saturated heterocycles. The number of halogens is 1. The molecule has 88 valence electrons. The summed E-state index contributed by atoms with van der Waals surface area (Å²) in [6.45, 7) is 5.50. The summed E-state index contributed by atoms with van der Waals surface area (Å²) < 4.78 is 1.08. The predicted octanol–water partition coefficient (Wildman–Crippen LogP) is 2.66. The van der Waals surface area contributed by atoms with Crippen molar-refractivity contribution in [1.82, 2.24) is 4.90 Å². The number of nitrogens with zero attached hydrogens (tertiary/aromatic N) is 1. The predicted molar refractivity (Wildman–Crippen MR) is 67.5 cm³/mol. The Hall–Kier alpha value is -0.870. The Balaban J connectivity index is 2.70. The Labute approximate surface area is 104 Å². The summed E-state index contributed by atoms with van der Waals surface area (Å²) >= 11 is 3.45. The van der Waals surface area contributed by atoms with Gasteiger partial charge in [-0.2, -0.15) is 0 Å². The van der Waals surface area contributed by atoms with Crippen molar-refractivity contribution in [2.45, 2.75) is 20.4 Å². The van der Waals surface area contributed by atoms with Crippen LogP contribution in [-0.2, 0) is 11.3 Å². The second-order valence-electron chi connectivity index (χ2n) is 3.78. The largest absolute Gasteiger partial charge is 0.480 e. The normalized spacial score (nSPS) is 10.8. The van der Waals surface area contributed by atoms with Crippen molar-refractivity contribution >= 4 is 21.9 Å². The fourth-order valence-electron chi connectivity index (χ4n) is 1.53. The first-order chi connectivity index (χ1) is 7.52. The molecule has 0 heterocycles. The van der Waals surface area contributed by atoms with Gasteiger partial charge in [-0.1, -0.05) is 35.0 Å². The minimum absolute atomic E-state index is 0.0889. The van der Waals surface area contributed by atoms with Crippen molar-refractivity contribution in [3.05, 3.63) is 33.8 Å². The van der Waals surface area contributed by atoms with Gasteiger partial charge in [0.15, 0.2) is 0 Å². The molecule has 0 bridgehead atoms. The lowest BCUT2D eigenvalue weighted by atomic mass is 10.1. The first-order valence-electron chi connectivity index (χ1n) is 5.22. The maximum absolute atomic E-state index is 10.6. The van der Waals surface area contributed by atoms with E-state index >= 15 is 0 Å². The highest BCUT2D eigenvalue weighted by Gasteiger charge is 2.08. The molecule has 1 rings (SSSR count). The van der Waals surface area contributed by atoms with Gasteiger partial charge in [-0.15, -0.1) is 0 Å². The molecule has 3 nitrogen and oxygen atoms in total. The molecule has 1 aromatic carbocycles. The van der Waals surface area contributed by atoms with Crippen molar-refractivity contribution in [2.24, 2.45) is 0 Å². The van der Waals surface area contributed by atoms with E-state index in [2.05, 4.69) is 22.0 Å². The molecule has 0 aromatic heterocycles. The van der Waals surface area contributed by atoms with E-state index in [-0.39, 0.29) is 6.54 Å². The first-order valence-corrected chi connectivity index (χ1v) is 6.01. The summed E-state index contributed by atoms with van der Waals surface area (Å²) in [5.74, 6) is -0.782. The lowest BCUT2D eigenvalue weighted by Gasteiger charge is -2.18. The van der Waals surface area contributed by atoms with E-state index in [0.29, 0.717) is 6.54 Å². The van der Waals surface area contributed by atoms with Crippen molar-refractivity contribution in [3.63, 3.8) is 0 Å². The molecule has 1 aromatic rings. The van der Waals surface area contributed by atoms with E-state index in [1.54, 1.807) is 0 Å². The molecule has 0 aliphatic carbocycles. The Kier molecular flexibility index (Phi) is 4.96. The smallest absolute Gasteiger partial charge is 0.317 e. The zero-order valence-electron chi connectivity index (χ0n) is 9.53. The van der Waals surface area contributed by atoms with Crippen LogP contribution in [0.2, 0.25) is 0 Å². The number of hydrogen-bond acceptors (Lipinski definition) is 2. The van der Waals surface area contributed by atoms with Crippen LogP contribution in [0.4, 0.5) is 0 Å². The van der Waals surface area contributed by atoms with E-state index in [0.717, 1.165) is 16.6 Å². The van der Waals surface area contributed by atoms with Crippen LogP contribution in [0.25, 0.3) is 0 Å². The number of aliphatic carboxylic acids is 1. The number of hydrogen-bond donors (Lipinski definition) is 1. The molecule has 0 radical (unpaired) electrons. The van der Waals surface area contributed by atoms with Crippen LogP contribution in [0, 0.1) is 6.92 Å². The van der Waals surface area contributed by atoms with Crippen LogP contribution in [0.1, 0.15) is 18.1 Å².